The SMILES string of the molecule is O=C(CSc1nc2ccc(Cl)cc2[nH]1)Nc1ccccc1S(=O)(=O)C(F)F. The summed E-state index contributed by atoms with van der Waals surface area (Å²) in [6, 6.07) is 10.1. The molecule has 142 valence electrons. The average Bonchev–Trinajstić information content (AvgIpc) is 3.02. The van der Waals surface area contributed by atoms with Crippen molar-refractivity contribution >= 4 is 55.8 Å². The number of anilines is 1. The first-order chi connectivity index (χ1) is 12.8. The third-order valence-electron chi connectivity index (χ3n) is 3.46. The smallest absolute Gasteiger partial charge is 0.333 e. The first kappa shape index (κ1) is 19.6. The van der Waals surface area contributed by atoms with Gasteiger partial charge < -0.3 is 10.3 Å². The van der Waals surface area contributed by atoms with Gasteiger partial charge in [-0.25, -0.2) is 13.4 Å². The van der Waals surface area contributed by atoms with Crippen molar-refractivity contribution in [2.24, 2.45) is 0 Å². The van der Waals surface area contributed by atoms with Gasteiger partial charge in [-0.15, -0.1) is 0 Å². The van der Waals surface area contributed by atoms with E-state index in [1.165, 1.54) is 18.2 Å². The molecule has 0 aliphatic carbocycles. The van der Waals surface area contributed by atoms with Crippen LogP contribution in [0.3, 0.4) is 0 Å². The number of carbonyl (C=O) groups is 1. The number of halogens is 3. The van der Waals surface area contributed by atoms with Crippen molar-refractivity contribution in [3.05, 3.63) is 47.5 Å². The molecule has 3 aromatic rings. The molecule has 27 heavy (non-hydrogen) atoms. The Bertz CT molecular complexity index is 1100. The van der Waals surface area contributed by atoms with Gasteiger partial charge in [-0.2, -0.15) is 8.78 Å². The van der Waals surface area contributed by atoms with Crippen molar-refractivity contribution < 1.29 is 22.0 Å². The zero-order chi connectivity index (χ0) is 19.6. The second kappa shape index (κ2) is 7.83. The number of H-pyrrole nitrogens is 1. The van der Waals surface area contributed by atoms with Gasteiger partial charge in [-0.1, -0.05) is 35.5 Å². The molecule has 0 aliphatic rings. The second-order valence-corrected chi connectivity index (χ2v) is 8.63. The zero-order valence-corrected chi connectivity index (χ0v) is 15.8. The molecule has 11 heteroatoms. The van der Waals surface area contributed by atoms with E-state index < -0.39 is 26.4 Å². The molecule has 2 N–H and O–H groups in total. The summed E-state index contributed by atoms with van der Waals surface area (Å²) in [5.74, 6) is -4.24. The Morgan fingerprint density at radius 3 is 2.74 bits per heavy atom. The van der Waals surface area contributed by atoms with Crippen molar-refractivity contribution in [3.63, 3.8) is 0 Å². The molecule has 0 atom stereocenters. The zero-order valence-electron chi connectivity index (χ0n) is 13.4. The topological polar surface area (TPSA) is 91.9 Å². The lowest BCUT2D eigenvalue weighted by atomic mass is 10.3. The van der Waals surface area contributed by atoms with Gasteiger partial charge in [0.2, 0.25) is 15.7 Å². The highest BCUT2D eigenvalue weighted by atomic mass is 35.5. The number of alkyl halides is 2. The van der Waals surface area contributed by atoms with E-state index in [0.717, 1.165) is 17.8 Å². The van der Waals surface area contributed by atoms with E-state index in [9.17, 15) is 22.0 Å². The van der Waals surface area contributed by atoms with Crippen molar-refractivity contribution in [3.8, 4) is 0 Å². The predicted octanol–water partition coefficient (Wildman–Crippen LogP) is 3.94. The molecular weight excluding hydrogens is 420 g/mol. The van der Waals surface area contributed by atoms with Crippen LogP contribution in [0.1, 0.15) is 0 Å². The van der Waals surface area contributed by atoms with Gasteiger partial charge in [0, 0.05) is 5.02 Å². The molecule has 1 amide bonds. The molecule has 3 rings (SSSR count). The van der Waals surface area contributed by atoms with Gasteiger partial charge in [0.1, 0.15) is 0 Å². The summed E-state index contributed by atoms with van der Waals surface area (Å²) in [5, 5.41) is 3.36. The Morgan fingerprint density at radius 1 is 1.26 bits per heavy atom. The van der Waals surface area contributed by atoms with Gasteiger partial charge in [0.15, 0.2) is 5.16 Å². The third-order valence-corrected chi connectivity index (χ3v) is 6.01. The molecule has 1 heterocycles. The van der Waals surface area contributed by atoms with E-state index in [1.54, 1.807) is 18.2 Å². The number of carbonyl (C=O) groups excluding carboxylic acids is 1. The lowest BCUT2D eigenvalue weighted by Gasteiger charge is -2.10. The summed E-state index contributed by atoms with van der Waals surface area (Å²) in [7, 11) is -4.83. The Balaban J connectivity index is 1.71. The lowest BCUT2D eigenvalue weighted by Crippen LogP contribution is -2.19. The average molecular weight is 432 g/mol. The number of nitrogens with one attached hydrogen (secondary N) is 2. The summed E-state index contributed by atoms with van der Waals surface area (Å²) >= 11 is 6.98. The van der Waals surface area contributed by atoms with E-state index >= 15 is 0 Å². The quantitative estimate of drug-likeness (QED) is 0.577. The summed E-state index contributed by atoms with van der Waals surface area (Å²) in [5.41, 5.74) is 1.19. The lowest BCUT2D eigenvalue weighted by molar-refractivity contribution is -0.113. The minimum atomic E-state index is -4.83. The molecule has 6 nitrogen and oxygen atoms in total. The van der Waals surface area contributed by atoms with Gasteiger partial charge in [0.05, 0.1) is 27.4 Å². The van der Waals surface area contributed by atoms with Crippen LogP contribution in [0.25, 0.3) is 11.0 Å². The van der Waals surface area contributed by atoms with Crippen LogP contribution in [0.4, 0.5) is 14.5 Å². The minimum absolute atomic E-state index is 0.101. The Kier molecular flexibility index (Phi) is 5.68. The Hall–Kier alpha value is -2.17. The van der Waals surface area contributed by atoms with Gasteiger partial charge >= 0.3 is 5.76 Å². The molecule has 0 spiro atoms. The molecule has 2 aromatic carbocycles. The van der Waals surface area contributed by atoms with Crippen LogP contribution in [0, 0.1) is 0 Å². The summed E-state index contributed by atoms with van der Waals surface area (Å²) in [6.07, 6.45) is 0. The molecule has 0 saturated heterocycles. The van der Waals surface area contributed by atoms with E-state index in [0.29, 0.717) is 21.2 Å². The summed E-state index contributed by atoms with van der Waals surface area (Å²) in [6.45, 7) is 0. The summed E-state index contributed by atoms with van der Waals surface area (Å²) in [4.78, 5) is 18.8. The van der Waals surface area contributed by atoms with E-state index in [2.05, 4.69) is 15.3 Å². The van der Waals surface area contributed by atoms with Gasteiger partial charge in [-0.3, -0.25) is 4.79 Å². The number of sulfone groups is 1. The highest BCUT2D eigenvalue weighted by molar-refractivity contribution is 7.99. The third kappa shape index (κ3) is 4.40. The normalized spacial score (nSPS) is 11.9. The predicted molar refractivity (Wildman–Crippen MR) is 100 cm³/mol. The molecule has 0 fully saturated rings. The first-order valence-corrected chi connectivity index (χ1v) is 10.4. The Morgan fingerprint density at radius 2 is 2.00 bits per heavy atom. The van der Waals surface area contributed by atoms with Crippen LogP contribution in [0.15, 0.2) is 52.5 Å². The van der Waals surface area contributed by atoms with E-state index in [1.807, 2.05) is 0 Å². The van der Waals surface area contributed by atoms with Crippen LogP contribution in [0.5, 0.6) is 0 Å². The monoisotopic (exact) mass is 431 g/mol. The maximum Gasteiger partial charge on any atom is 0.341 e. The van der Waals surface area contributed by atoms with Crippen molar-refractivity contribution in [1.82, 2.24) is 9.97 Å². The number of rotatable bonds is 6. The first-order valence-electron chi connectivity index (χ1n) is 7.46. The largest absolute Gasteiger partial charge is 0.341 e. The molecule has 0 saturated carbocycles. The van der Waals surface area contributed by atoms with E-state index in [4.69, 9.17) is 11.6 Å². The van der Waals surface area contributed by atoms with Crippen molar-refractivity contribution in [2.75, 3.05) is 11.1 Å². The highest BCUT2D eigenvalue weighted by Crippen LogP contribution is 2.27. The fourth-order valence-electron chi connectivity index (χ4n) is 2.26. The number of nitrogens with zero attached hydrogens (tertiary/aromatic N) is 1. The van der Waals surface area contributed by atoms with Crippen LogP contribution >= 0.6 is 23.4 Å². The molecule has 0 radical (unpaired) electrons. The number of imidazole rings is 1. The fraction of sp³-hybridized carbons (Fsp3) is 0.125. The van der Waals surface area contributed by atoms with E-state index in [-0.39, 0.29) is 11.4 Å². The standard InChI is InChI=1S/C16H12ClF2N3O3S2/c17-9-5-6-10-12(7-9)22-16(21-10)26-8-14(23)20-11-3-1-2-4-13(11)27(24,25)15(18)19/h1-7,15H,8H2,(H,20,23)(H,21,22). The molecule has 0 unspecified atom stereocenters. The highest BCUT2D eigenvalue weighted by Gasteiger charge is 2.29. The number of thioether (sulfide) groups is 1. The molecule has 1 aromatic heterocycles. The van der Waals surface area contributed by atoms with Crippen LogP contribution in [-0.2, 0) is 14.6 Å². The summed E-state index contributed by atoms with van der Waals surface area (Å²) < 4.78 is 49.0. The number of hydrogen-bond donors (Lipinski definition) is 2. The van der Waals surface area contributed by atoms with Gasteiger partial charge in [-0.05, 0) is 30.3 Å². The van der Waals surface area contributed by atoms with Crippen LogP contribution in [-0.4, -0.2) is 35.8 Å². The maximum atomic E-state index is 12.8. The second-order valence-electron chi connectivity index (χ2n) is 5.34. The maximum absolute atomic E-state index is 12.8. The Labute approximate surface area is 162 Å². The van der Waals surface area contributed by atoms with Crippen molar-refractivity contribution in [1.29, 1.82) is 0 Å². The number of benzene rings is 2. The minimum Gasteiger partial charge on any atom is -0.333 e. The molecular formula is C16H12ClF2N3O3S2. The number of aromatic amines is 1. The fourth-order valence-corrected chi connectivity index (χ4v) is 4.00. The van der Waals surface area contributed by atoms with Crippen molar-refractivity contribution in [2.45, 2.75) is 15.8 Å². The molecule has 0 bridgehead atoms. The number of aromatic nitrogens is 2. The molecule has 0 aliphatic heterocycles. The van der Waals surface area contributed by atoms with Crippen LogP contribution in [0.2, 0.25) is 5.02 Å². The number of fused-ring (bicyclic) bond motifs is 1. The van der Waals surface area contributed by atoms with Crippen LogP contribution < -0.4 is 5.32 Å². The number of hydrogen-bond acceptors (Lipinski definition) is 5. The number of amides is 1. The van der Waals surface area contributed by atoms with Gasteiger partial charge in [0.25, 0.3) is 0 Å². The number of para-hydroxylation sites is 1.